The van der Waals surface area contributed by atoms with Gasteiger partial charge in [-0.3, -0.25) is 0 Å². The van der Waals surface area contributed by atoms with Crippen LogP contribution in [0.3, 0.4) is 0 Å². The van der Waals surface area contributed by atoms with Crippen molar-refractivity contribution in [3.8, 4) is 22.8 Å². The fraction of sp³-hybridized carbons (Fsp3) is 0.308. The highest BCUT2D eigenvalue weighted by molar-refractivity contribution is 5.70. The van der Waals surface area contributed by atoms with Crippen LogP contribution in [-0.4, -0.2) is 26.5 Å². The minimum atomic E-state index is 0.317. The number of aromatic nitrogens is 1. The van der Waals surface area contributed by atoms with Gasteiger partial charge in [0.1, 0.15) is 11.5 Å². The first-order valence-corrected chi connectivity index (χ1v) is 5.66. The van der Waals surface area contributed by atoms with E-state index in [0.29, 0.717) is 29.7 Å². The van der Waals surface area contributed by atoms with Gasteiger partial charge >= 0.3 is 0 Å². The van der Waals surface area contributed by atoms with Gasteiger partial charge in [0, 0.05) is 18.7 Å². The van der Waals surface area contributed by atoms with Crippen molar-refractivity contribution in [2.75, 3.05) is 27.1 Å². The second-order valence-electron chi connectivity index (χ2n) is 3.91. The molecule has 0 aliphatic rings. The molecule has 0 bridgehead atoms. The number of nitrogen functional groups attached to an aromatic ring is 1. The molecule has 2 N–H and O–H groups in total. The molecule has 0 spiro atoms. The van der Waals surface area contributed by atoms with E-state index in [2.05, 4.69) is 5.16 Å². The lowest BCUT2D eigenvalue weighted by Gasteiger charge is -2.13. The van der Waals surface area contributed by atoms with E-state index in [1.807, 2.05) is 12.1 Å². The van der Waals surface area contributed by atoms with Gasteiger partial charge in [0.05, 0.1) is 26.4 Å². The zero-order valence-corrected chi connectivity index (χ0v) is 11.1. The van der Waals surface area contributed by atoms with Crippen LogP contribution in [-0.2, 0) is 11.3 Å². The molecule has 0 amide bonds. The molecule has 1 aromatic heterocycles. The van der Waals surface area contributed by atoms with E-state index in [9.17, 15) is 0 Å². The predicted molar refractivity (Wildman–Crippen MR) is 70.2 cm³/mol. The average molecular weight is 264 g/mol. The lowest BCUT2D eigenvalue weighted by molar-refractivity contribution is 0.181. The summed E-state index contributed by atoms with van der Waals surface area (Å²) in [5.41, 5.74) is 7.17. The van der Waals surface area contributed by atoms with Crippen LogP contribution in [0.5, 0.6) is 11.5 Å². The summed E-state index contributed by atoms with van der Waals surface area (Å²) >= 11 is 0. The average Bonchev–Trinajstić information content (AvgIpc) is 2.85. The van der Waals surface area contributed by atoms with Crippen LogP contribution in [0.1, 0.15) is 5.56 Å². The molecule has 0 radical (unpaired) electrons. The van der Waals surface area contributed by atoms with E-state index in [1.54, 1.807) is 27.4 Å². The fourth-order valence-electron chi connectivity index (χ4n) is 1.84. The van der Waals surface area contributed by atoms with Crippen LogP contribution in [0.25, 0.3) is 11.3 Å². The fourth-order valence-corrected chi connectivity index (χ4v) is 1.84. The normalized spacial score (nSPS) is 10.5. The molecule has 102 valence electrons. The van der Waals surface area contributed by atoms with E-state index in [4.69, 9.17) is 24.5 Å². The molecule has 0 aliphatic heterocycles. The largest absolute Gasteiger partial charge is 0.496 e. The third-order valence-electron chi connectivity index (χ3n) is 2.70. The topological polar surface area (TPSA) is 79.7 Å². The molecule has 19 heavy (non-hydrogen) atoms. The van der Waals surface area contributed by atoms with Crippen LogP contribution in [0, 0.1) is 0 Å². The number of nitrogens with zero attached hydrogens (tertiary/aromatic N) is 1. The molecule has 6 heteroatoms. The van der Waals surface area contributed by atoms with Crippen molar-refractivity contribution in [2.45, 2.75) is 6.61 Å². The van der Waals surface area contributed by atoms with Crippen LogP contribution in [0.2, 0.25) is 0 Å². The molecule has 0 aliphatic carbocycles. The van der Waals surface area contributed by atoms with Gasteiger partial charge in [-0.2, -0.15) is 0 Å². The minimum absolute atomic E-state index is 0.317. The van der Waals surface area contributed by atoms with Crippen molar-refractivity contribution in [3.05, 3.63) is 23.8 Å². The maximum Gasteiger partial charge on any atom is 0.172 e. The van der Waals surface area contributed by atoms with Gasteiger partial charge in [-0.25, -0.2) is 0 Å². The van der Waals surface area contributed by atoms with Crippen LogP contribution in [0.15, 0.2) is 22.7 Å². The summed E-state index contributed by atoms with van der Waals surface area (Å²) in [6.45, 7) is 0.429. The van der Waals surface area contributed by atoms with Crippen molar-refractivity contribution >= 4 is 5.82 Å². The smallest absolute Gasteiger partial charge is 0.172 e. The Morgan fingerprint density at radius 1 is 1.11 bits per heavy atom. The van der Waals surface area contributed by atoms with Crippen LogP contribution < -0.4 is 15.2 Å². The number of benzene rings is 1. The Morgan fingerprint density at radius 3 is 2.37 bits per heavy atom. The quantitative estimate of drug-likeness (QED) is 0.890. The number of hydrogen-bond donors (Lipinski definition) is 1. The first-order chi connectivity index (χ1) is 9.19. The second-order valence-corrected chi connectivity index (χ2v) is 3.91. The van der Waals surface area contributed by atoms with Gasteiger partial charge in [-0.1, -0.05) is 5.16 Å². The van der Waals surface area contributed by atoms with Crippen molar-refractivity contribution < 1.29 is 18.7 Å². The molecule has 0 saturated heterocycles. The van der Waals surface area contributed by atoms with Gasteiger partial charge in [-0.05, 0) is 12.1 Å². The molecule has 2 rings (SSSR count). The summed E-state index contributed by atoms with van der Waals surface area (Å²) in [6.07, 6.45) is 0. The molecular weight excluding hydrogens is 248 g/mol. The Morgan fingerprint density at radius 2 is 1.84 bits per heavy atom. The summed E-state index contributed by atoms with van der Waals surface area (Å²) in [5, 5.41) is 3.66. The third-order valence-corrected chi connectivity index (χ3v) is 2.70. The van der Waals surface area contributed by atoms with Crippen LogP contribution >= 0.6 is 0 Å². The molecular formula is C13H16N2O4. The van der Waals surface area contributed by atoms with E-state index < -0.39 is 0 Å². The molecule has 1 heterocycles. The first-order valence-electron chi connectivity index (χ1n) is 5.66. The number of hydrogen-bond acceptors (Lipinski definition) is 6. The Labute approximate surface area is 111 Å². The van der Waals surface area contributed by atoms with Crippen molar-refractivity contribution in [1.82, 2.24) is 5.16 Å². The molecule has 2 aromatic rings. The summed E-state index contributed by atoms with van der Waals surface area (Å²) in [7, 11) is 4.80. The zero-order chi connectivity index (χ0) is 13.8. The predicted octanol–water partition coefficient (Wildman–Crippen LogP) is 2.09. The van der Waals surface area contributed by atoms with Crippen LogP contribution in [0.4, 0.5) is 5.82 Å². The Kier molecular flexibility index (Phi) is 3.91. The first kappa shape index (κ1) is 13.2. The van der Waals surface area contributed by atoms with Gasteiger partial charge in [0.15, 0.2) is 11.6 Å². The van der Waals surface area contributed by atoms with E-state index >= 15 is 0 Å². The Bertz CT molecular complexity index is 566. The summed E-state index contributed by atoms with van der Waals surface area (Å²) in [6, 6.07) is 5.29. The summed E-state index contributed by atoms with van der Waals surface area (Å²) in [4.78, 5) is 0. The highest BCUT2D eigenvalue weighted by Crippen LogP contribution is 2.36. The zero-order valence-electron chi connectivity index (χ0n) is 11.1. The van der Waals surface area contributed by atoms with E-state index in [1.165, 1.54) is 0 Å². The number of ether oxygens (including phenoxy) is 3. The lowest BCUT2D eigenvalue weighted by Crippen LogP contribution is -1.97. The Hall–Kier alpha value is -2.21. The molecule has 0 unspecified atom stereocenters. The van der Waals surface area contributed by atoms with Crippen molar-refractivity contribution in [1.29, 1.82) is 0 Å². The SMILES string of the molecule is COCc1cc(OC)c(-c2cc(N)no2)cc1OC. The highest BCUT2D eigenvalue weighted by Gasteiger charge is 2.16. The minimum Gasteiger partial charge on any atom is -0.496 e. The number of nitrogens with two attached hydrogens (primary N) is 1. The van der Waals surface area contributed by atoms with Gasteiger partial charge in [-0.15, -0.1) is 0 Å². The number of methoxy groups -OCH3 is 3. The molecule has 0 saturated carbocycles. The maximum atomic E-state index is 5.56. The van der Waals surface area contributed by atoms with E-state index in [-0.39, 0.29) is 0 Å². The standard InChI is InChI=1S/C13H16N2O4/c1-16-7-8-4-11(18-3)9(5-10(8)17-2)12-6-13(14)15-19-12/h4-6H,7H2,1-3H3,(H2,14,15). The third kappa shape index (κ3) is 2.63. The summed E-state index contributed by atoms with van der Waals surface area (Å²) in [5.74, 6) is 2.17. The molecule has 0 atom stereocenters. The van der Waals surface area contributed by atoms with Gasteiger partial charge in [0.2, 0.25) is 0 Å². The molecule has 1 aromatic carbocycles. The molecule has 6 nitrogen and oxygen atoms in total. The Balaban J connectivity index is 2.53. The highest BCUT2D eigenvalue weighted by atomic mass is 16.5. The number of rotatable bonds is 5. The lowest BCUT2D eigenvalue weighted by atomic mass is 10.1. The van der Waals surface area contributed by atoms with E-state index in [0.717, 1.165) is 11.1 Å². The summed E-state index contributed by atoms with van der Waals surface area (Å²) < 4.78 is 21.0. The molecule has 0 fully saturated rings. The maximum absolute atomic E-state index is 5.56. The monoisotopic (exact) mass is 264 g/mol. The van der Waals surface area contributed by atoms with Crippen molar-refractivity contribution in [2.24, 2.45) is 0 Å². The van der Waals surface area contributed by atoms with Gasteiger partial charge < -0.3 is 24.5 Å². The number of anilines is 1. The van der Waals surface area contributed by atoms with Crippen molar-refractivity contribution in [3.63, 3.8) is 0 Å². The van der Waals surface area contributed by atoms with Gasteiger partial charge in [0.25, 0.3) is 0 Å². The second kappa shape index (κ2) is 5.62.